The number of benzene rings is 2. The number of hydrogen-bond acceptors (Lipinski definition) is 10. The van der Waals surface area contributed by atoms with Crippen LogP contribution in [0, 0.1) is 11.3 Å². The van der Waals surface area contributed by atoms with Crippen molar-refractivity contribution in [2.45, 2.75) is 23.4 Å². The van der Waals surface area contributed by atoms with Crippen molar-refractivity contribution < 1.29 is 32.2 Å². The molecule has 12 nitrogen and oxygen atoms in total. The normalized spacial score (nSPS) is 16.9. The van der Waals surface area contributed by atoms with Gasteiger partial charge in [0.15, 0.2) is 5.54 Å². The summed E-state index contributed by atoms with van der Waals surface area (Å²) in [6.45, 7) is 1.61. The summed E-state index contributed by atoms with van der Waals surface area (Å²) in [5.41, 5.74) is -1.43. The van der Waals surface area contributed by atoms with Crippen LogP contribution in [0.5, 0.6) is 17.4 Å². The molecule has 0 fully saturated rings. The lowest BCUT2D eigenvalue weighted by Gasteiger charge is -2.41. The molecule has 0 N–H and O–H groups in total. The zero-order valence-electron chi connectivity index (χ0n) is 24.3. The number of carbonyl (C=O) groups excluding carboxylic acids is 2. The quantitative estimate of drug-likeness (QED) is 0.363. The third-order valence-electron chi connectivity index (χ3n) is 7.38. The van der Waals surface area contributed by atoms with E-state index in [1.165, 1.54) is 73.7 Å². The summed E-state index contributed by atoms with van der Waals surface area (Å²) in [5, 5.41) is 9.80. The number of nitrogens with zero attached hydrogens (tertiary/aromatic N) is 5. The van der Waals surface area contributed by atoms with Crippen LogP contribution in [0.25, 0.3) is 0 Å². The first-order chi connectivity index (χ1) is 19.9. The van der Waals surface area contributed by atoms with Gasteiger partial charge in [0.05, 0.1) is 44.7 Å². The first-order valence-electron chi connectivity index (χ1n) is 12.7. The minimum atomic E-state index is -4.65. The van der Waals surface area contributed by atoms with Crippen LogP contribution in [0.2, 0.25) is 0 Å². The number of anilines is 1. The van der Waals surface area contributed by atoms with Crippen molar-refractivity contribution in [1.82, 2.24) is 14.8 Å². The van der Waals surface area contributed by atoms with E-state index in [2.05, 4.69) is 11.1 Å². The predicted molar refractivity (Wildman–Crippen MR) is 153 cm³/mol. The number of fused-ring (bicyclic) bond motifs is 1. The lowest BCUT2D eigenvalue weighted by molar-refractivity contribution is -0.138. The second kappa shape index (κ2) is 11.3. The largest absolute Gasteiger partial charge is 0.497 e. The number of likely N-dealkylation sites (N-methyl/N-ethyl adjacent to an activating group) is 2. The summed E-state index contributed by atoms with van der Waals surface area (Å²) in [5.74, 6) is -0.917. The maximum atomic E-state index is 15.0. The number of nitriles is 1. The number of rotatable bonds is 9. The standard InChI is InChI=1S/C29H31N5O7S/c1-18(27(35)32(2)3)33(4)29(21-9-8-14-31-26(21)41-7)22-15-19(17-30)10-12-23(22)34(28(29)36)42(37,38)25-13-11-20(39-5)16-24(25)40-6/h8-16,18H,1-7H3. The number of ether oxygens (including phenoxy) is 3. The van der Waals surface area contributed by atoms with Gasteiger partial charge in [-0.1, -0.05) is 0 Å². The topological polar surface area (TPSA) is 142 Å². The zero-order valence-corrected chi connectivity index (χ0v) is 25.1. The molecule has 1 aliphatic heterocycles. The van der Waals surface area contributed by atoms with Gasteiger partial charge in [-0.05, 0) is 56.4 Å². The highest BCUT2D eigenvalue weighted by molar-refractivity contribution is 7.93. The van der Waals surface area contributed by atoms with Gasteiger partial charge >= 0.3 is 0 Å². The second-order valence-corrected chi connectivity index (χ2v) is 11.5. The smallest absolute Gasteiger partial charge is 0.274 e. The fourth-order valence-corrected chi connectivity index (χ4v) is 6.82. The van der Waals surface area contributed by atoms with Crippen molar-refractivity contribution in [2.75, 3.05) is 46.8 Å². The molecule has 2 heterocycles. The van der Waals surface area contributed by atoms with E-state index >= 15 is 0 Å². The molecule has 0 saturated heterocycles. The highest BCUT2D eigenvalue weighted by Crippen LogP contribution is 2.53. The molecule has 0 saturated carbocycles. The predicted octanol–water partition coefficient (Wildman–Crippen LogP) is 2.37. The molecule has 2 atom stereocenters. The Morgan fingerprint density at radius 2 is 1.74 bits per heavy atom. The van der Waals surface area contributed by atoms with E-state index in [1.807, 2.05) is 0 Å². The molecule has 42 heavy (non-hydrogen) atoms. The molecule has 0 radical (unpaired) electrons. The third-order valence-corrected chi connectivity index (χ3v) is 9.12. The Kier molecular flexibility index (Phi) is 8.15. The van der Waals surface area contributed by atoms with Gasteiger partial charge in [-0.25, -0.2) is 17.7 Å². The maximum absolute atomic E-state index is 15.0. The summed E-state index contributed by atoms with van der Waals surface area (Å²) >= 11 is 0. The van der Waals surface area contributed by atoms with E-state index in [0.717, 1.165) is 0 Å². The van der Waals surface area contributed by atoms with Crippen LogP contribution in [-0.4, -0.2) is 83.5 Å². The highest BCUT2D eigenvalue weighted by atomic mass is 32.2. The van der Waals surface area contributed by atoms with E-state index in [-0.39, 0.29) is 44.8 Å². The molecule has 4 rings (SSSR count). The van der Waals surface area contributed by atoms with E-state index in [0.29, 0.717) is 10.1 Å². The summed E-state index contributed by atoms with van der Waals surface area (Å²) < 4.78 is 45.7. The third kappa shape index (κ3) is 4.49. The molecule has 2 amide bonds. The van der Waals surface area contributed by atoms with Gasteiger partial charge in [-0.15, -0.1) is 0 Å². The molecule has 1 aromatic heterocycles. The molecule has 0 bridgehead atoms. The van der Waals surface area contributed by atoms with Crippen LogP contribution in [-0.2, 0) is 25.2 Å². The zero-order chi connectivity index (χ0) is 31.0. The molecule has 2 aromatic carbocycles. The van der Waals surface area contributed by atoms with Gasteiger partial charge in [0.25, 0.3) is 15.9 Å². The van der Waals surface area contributed by atoms with Crippen molar-refractivity contribution in [3.63, 3.8) is 0 Å². The van der Waals surface area contributed by atoms with E-state index in [9.17, 15) is 23.3 Å². The fraction of sp³-hybridized carbons (Fsp3) is 0.310. The van der Waals surface area contributed by atoms with Gasteiger partial charge in [0, 0.05) is 37.5 Å². The summed E-state index contributed by atoms with van der Waals surface area (Å²) in [6.07, 6.45) is 1.47. The van der Waals surface area contributed by atoms with Crippen molar-refractivity contribution in [2.24, 2.45) is 0 Å². The lowest BCUT2D eigenvalue weighted by atomic mass is 9.81. The molecule has 0 spiro atoms. The summed E-state index contributed by atoms with van der Waals surface area (Å²) in [4.78, 5) is 35.1. The SMILES string of the molecule is COc1ccc(S(=O)(=O)N2C(=O)C(c3cccnc3OC)(N(C)C(C)C(=O)N(C)C)c3cc(C#N)ccc32)c(OC)c1. The Hall–Kier alpha value is -4.67. The summed E-state index contributed by atoms with van der Waals surface area (Å²) in [6, 6.07) is 12.7. The van der Waals surface area contributed by atoms with E-state index < -0.39 is 27.5 Å². The number of methoxy groups -OCH3 is 3. The molecule has 2 unspecified atom stereocenters. The molecule has 3 aromatic rings. The van der Waals surface area contributed by atoms with E-state index in [1.54, 1.807) is 40.2 Å². The van der Waals surface area contributed by atoms with E-state index in [4.69, 9.17) is 14.2 Å². The van der Waals surface area contributed by atoms with Gasteiger partial charge in [-0.2, -0.15) is 5.26 Å². The van der Waals surface area contributed by atoms with Gasteiger partial charge < -0.3 is 19.1 Å². The number of hydrogen-bond donors (Lipinski definition) is 0. The Morgan fingerprint density at radius 3 is 2.33 bits per heavy atom. The number of aromatic nitrogens is 1. The van der Waals surface area contributed by atoms with Crippen LogP contribution < -0.4 is 18.5 Å². The van der Waals surface area contributed by atoms with Crippen molar-refractivity contribution in [1.29, 1.82) is 5.26 Å². The Morgan fingerprint density at radius 1 is 1.02 bits per heavy atom. The molecule has 13 heteroatoms. The molecular formula is C29H31N5O7S. The number of carbonyl (C=O) groups is 2. The van der Waals surface area contributed by atoms with Crippen LogP contribution in [0.4, 0.5) is 5.69 Å². The maximum Gasteiger partial charge on any atom is 0.274 e. The number of amides is 2. The fourth-order valence-electron chi connectivity index (χ4n) is 5.22. The van der Waals surface area contributed by atoms with Crippen LogP contribution >= 0.6 is 0 Å². The molecule has 1 aliphatic rings. The Labute approximate surface area is 244 Å². The van der Waals surface area contributed by atoms with Crippen molar-refractivity contribution in [3.8, 4) is 23.4 Å². The van der Waals surface area contributed by atoms with Gasteiger partial charge in [-0.3, -0.25) is 14.5 Å². The van der Waals surface area contributed by atoms with Gasteiger partial charge in [0.1, 0.15) is 16.4 Å². The Balaban J connectivity index is 2.13. The van der Waals surface area contributed by atoms with Crippen molar-refractivity contribution in [3.05, 3.63) is 71.4 Å². The van der Waals surface area contributed by atoms with Crippen molar-refractivity contribution >= 4 is 27.5 Å². The number of sulfonamides is 1. The van der Waals surface area contributed by atoms with Crippen LogP contribution in [0.1, 0.15) is 23.6 Å². The lowest BCUT2D eigenvalue weighted by Crippen LogP contribution is -2.59. The van der Waals surface area contributed by atoms with Gasteiger partial charge in [0.2, 0.25) is 11.8 Å². The van der Waals surface area contributed by atoms with Crippen LogP contribution in [0.15, 0.2) is 59.6 Å². The Bertz CT molecular complexity index is 1700. The minimum Gasteiger partial charge on any atom is -0.497 e. The molecule has 220 valence electrons. The highest BCUT2D eigenvalue weighted by Gasteiger charge is 2.61. The van der Waals surface area contributed by atoms with Crippen LogP contribution in [0.3, 0.4) is 0 Å². The average Bonchev–Trinajstić information content (AvgIpc) is 3.27. The molecule has 0 aliphatic carbocycles. The molecular weight excluding hydrogens is 562 g/mol. The minimum absolute atomic E-state index is 0.000806. The summed E-state index contributed by atoms with van der Waals surface area (Å²) in [7, 11) is 4.16. The first kappa shape index (κ1) is 30.3. The first-order valence-corrected chi connectivity index (χ1v) is 14.2. The average molecular weight is 594 g/mol. The second-order valence-electron chi connectivity index (χ2n) is 9.73. The number of pyridine rings is 1. The monoisotopic (exact) mass is 593 g/mol.